The molecule has 8 heteroatoms. The van der Waals surface area contributed by atoms with Crippen LogP contribution in [0, 0.1) is 0 Å². The smallest absolute Gasteiger partial charge is 0.322 e. The second-order valence-electron chi connectivity index (χ2n) is 5.45. The Kier molecular flexibility index (Phi) is 9.48. The summed E-state index contributed by atoms with van der Waals surface area (Å²) in [6, 6.07) is 0. The molecule has 0 radical (unpaired) electrons. The van der Waals surface area contributed by atoms with E-state index in [1.54, 1.807) is 11.8 Å². The number of thioether (sulfide) groups is 1. The van der Waals surface area contributed by atoms with Gasteiger partial charge in [0.1, 0.15) is 6.54 Å². The highest BCUT2D eigenvalue weighted by Gasteiger charge is 2.17. The second kappa shape index (κ2) is 10.2. The lowest BCUT2D eigenvalue weighted by molar-refractivity contribution is -0.138. The fourth-order valence-electron chi connectivity index (χ4n) is 1.41. The number of carbonyl (C=O) groups excluding carboxylic acids is 3. The van der Waals surface area contributed by atoms with Gasteiger partial charge in [-0.3, -0.25) is 19.2 Å². The maximum absolute atomic E-state index is 11.6. The number of aliphatic carboxylic acids is 1. The summed E-state index contributed by atoms with van der Waals surface area (Å²) in [7, 11) is 0. The van der Waals surface area contributed by atoms with Crippen molar-refractivity contribution >= 4 is 35.3 Å². The van der Waals surface area contributed by atoms with Gasteiger partial charge < -0.3 is 15.7 Å². The first-order chi connectivity index (χ1) is 10.2. The average molecular weight is 332 g/mol. The standard InChI is InChI=1S/C14H24N2O5S/c1-14(2,22-3)7-6-12(19)15-8-10(17)4-5-11(18)16-9-13(20)21/h4-9H2,1-3H3,(H,15,19)(H,16,18)(H,20,21). The zero-order chi connectivity index (χ0) is 17.2. The monoisotopic (exact) mass is 332 g/mol. The number of carboxylic acid groups (broad SMARTS) is 1. The van der Waals surface area contributed by atoms with Gasteiger partial charge in [0, 0.05) is 24.0 Å². The molecule has 0 saturated carbocycles. The summed E-state index contributed by atoms with van der Waals surface area (Å²) in [6.45, 7) is 3.53. The molecule has 0 spiro atoms. The third-order valence-electron chi connectivity index (χ3n) is 3.06. The summed E-state index contributed by atoms with van der Waals surface area (Å²) in [5, 5.41) is 13.1. The molecule has 0 saturated heterocycles. The molecular formula is C14H24N2O5S. The molecular weight excluding hydrogens is 308 g/mol. The van der Waals surface area contributed by atoms with Crippen molar-refractivity contribution in [2.24, 2.45) is 0 Å². The van der Waals surface area contributed by atoms with Gasteiger partial charge in [-0.15, -0.1) is 0 Å². The highest BCUT2D eigenvalue weighted by molar-refractivity contribution is 7.99. The summed E-state index contributed by atoms with van der Waals surface area (Å²) >= 11 is 1.68. The zero-order valence-corrected chi connectivity index (χ0v) is 14.0. The molecule has 0 aromatic carbocycles. The summed E-state index contributed by atoms with van der Waals surface area (Å²) in [5.74, 6) is -2.09. The normalized spacial score (nSPS) is 10.9. The molecule has 2 amide bonds. The van der Waals surface area contributed by atoms with E-state index in [4.69, 9.17) is 5.11 Å². The van der Waals surface area contributed by atoms with Gasteiger partial charge in [0.15, 0.2) is 5.78 Å². The van der Waals surface area contributed by atoms with Gasteiger partial charge in [-0.1, -0.05) is 13.8 Å². The molecule has 0 heterocycles. The van der Waals surface area contributed by atoms with Gasteiger partial charge in [-0.25, -0.2) is 0 Å². The van der Waals surface area contributed by atoms with Crippen molar-refractivity contribution in [3.63, 3.8) is 0 Å². The second-order valence-corrected chi connectivity index (χ2v) is 6.96. The first-order valence-corrected chi connectivity index (χ1v) is 8.21. The Morgan fingerprint density at radius 3 is 2.05 bits per heavy atom. The van der Waals surface area contributed by atoms with Gasteiger partial charge in [0.2, 0.25) is 11.8 Å². The molecule has 22 heavy (non-hydrogen) atoms. The first kappa shape index (κ1) is 20.4. The van der Waals surface area contributed by atoms with Crippen molar-refractivity contribution in [3.05, 3.63) is 0 Å². The molecule has 0 aliphatic carbocycles. The van der Waals surface area contributed by atoms with Crippen LogP contribution in [0.15, 0.2) is 0 Å². The van der Waals surface area contributed by atoms with E-state index in [1.165, 1.54) is 0 Å². The number of hydrogen-bond acceptors (Lipinski definition) is 5. The highest BCUT2D eigenvalue weighted by Crippen LogP contribution is 2.26. The SMILES string of the molecule is CSC(C)(C)CCC(=O)NCC(=O)CCC(=O)NCC(=O)O. The van der Waals surface area contributed by atoms with Gasteiger partial charge >= 0.3 is 5.97 Å². The van der Waals surface area contributed by atoms with Gasteiger partial charge in [-0.2, -0.15) is 11.8 Å². The average Bonchev–Trinajstić information content (AvgIpc) is 2.46. The Morgan fingerprint density at radius 2 is 1.50 bits per heavy atom. The van der Waals surface area contributed by atoms with Gasteiger partial charge in [-0.05, 0) is 12.7 Å². The fourth-order valence-corrected chi connectivity index (χ4v) is 1.71. The van der Waals surface area contributed by atoms with Crippen LogP contribution in [0.25, 0.3) is 0 Å². The van der Waals surface area contributed by atoms with Crippen LogP contribution in [0.5, 0.6) is 0 Å². The molecule has 0 fully saturated rings. The summed E-state index contributed by atoms with van der Waals surface area (Å²) < 4.78 is 0.0174. The molecule has 126 valence electrons. The molecule has 3 N–H and O–H groups in total. The number of Topliss-reactive ketones (excluding diaryl/α,β-unsaturated/α-hetero) is 1. The van der Waals surface area contributed by atoms with Crippen molar-refractivity contribution in [2.45, 2.75) is 44.3 Å². The Labute approximate surface area is 134 Å². The number of rotatable bonds is 11. The maximum Gasteiger partial charge on any atom is 0.322 e. The molecule has 0 aliphatic heterocycles. The molecule has 0 bridgehead atoms. The largest absolute Gasteiger partial charge is 0.480 e. The fraction of sp³-hybridized carbons (Fsp3) is 0.714. The number of ketones is 1. The number of carboxylic acids is 1. The molecule has 0 atom stereocenters. The minimum atomic E-state index is -1.14. The van der Waals surface area contributed by atoms with Crippen LogP contribution >= 0.6 is 11.8 Å². The Balaban J connectivity index is 3.83. The number of nitrogens with one attached hydrogen (secondary N) is 2. The van der Waals surface area contributed by atoms with E-state index in [0.717, 1.165) is 0 Å². The molecule has 0 rings (SSSR count). The van der Waals surface area contributed by atoms with Crippen LogP contribution in [0.2, 0.25) is 0 Å². The van der Waals surface area contributed by atoms with Crippen molar-refractivity contribution < 1.29 is 24.3 Å². The van der Waals surface area contributed by atoms with Crippen LogP contribution in [-0.2, 0) is 19.2 Å². The van der Waals surface area contributed by atoms with Crippen LogP contribution in [0.3, 0.4) is 0 Å². The topological polar surface area (TPSA) is 113 Å². The number of hydrogen-bond donors (Lipinski definition) is 3. The van der Waals surface area contributed by atoms with Crippen molar-refractivity contribution in [2.75, 3.05) is 19.3 Å². The minimum absolute atomic E-state index is 0.0174. The summed E-state index contributed by atoms with van der Waals surface area (Å²) in [6.07, 6.45) is 2.94. The Bertz CT molecular complexity index is 423. The predicted octanol–water partition coefficient (Wildman–Crippen LogP) is 0.575. The van der Waals surface area contributed by atoms with E-state index in [-0.39, 0.29) is 35.8 Å². The number of carbonyl (C=O) groups is 4. The Hall–Kier alpha value is -1.57. The van der Waals surface area contributed by atoms with Gasteiger partial charge in [0.25, 0.3) is 0 Å². The minimum Gasteiger partial charge on any atom is -0.480 e. The highest BCUT2D eigenvalue weighted by atomic mass is 32.2. The van der Waals surface area contributed by atoms with E-state index >= 15 is 0 Å². The predicted molar refractivity (Wildman–Crippen MR) is 84.7 cm³/mol. The molecule has 7 nitrogen and oxygen atoms in total. The molecule has 0 aromatic rings. The lowest BCUT2D eigenvalue weighted by Crippen LogP contribution is -2.32. The van der Waals surface area contributed by atoms with E-state index in [9.17, 15) is 19.2 Å². The van der Waals surface area contributed by atoms with Crippen molar-refractivity contribution in [1.82, 2.24) is 10.6 Å². The third-order valence-corrected chi connectivity index (χ3v) is 4.37. The molecule has 0 unspecified atom stereocenters. The summed E-state index contributed by atoms with van der Waals surface area (Å²) in [5.41, 5.74) is 0. The zero-order valence-electron chi connectivity index (χ0n) is 13.2. The quantitative estimate of drug-likeness (QED) is 0.510. The first-order valence-electron chi connectivity index (χ1n) is 6.98. The Morgan fingerprint density at radius 1 is 0.955 bits per heavy atom. The lowest BCUT2D eigenvalue weighted by atomic mass is 10.1. The van der Waals surface area contributed by atoms with Crippen LogP contribution < -0.4 is 10.6 Å². The van der Waals surface area contributed by atoms with E-state index in [0.29, 0.717) is 12.8 Å². The van der Waals surface area contributed by atoms with Crippen molar-refractivity contribution in [3.8, 4) is 0 Å². The van der Waals surface area contributed by atoms with E-state index < -0.39 is 18.4 Å². The molecule has 0 aliphatic rings. The van der Waals surface area contributed by atoms with Crippen molar-refractivity contribution in [1.29, 1.82) is 0 Å². The maximum atomic E-state index is 11.6. The third kappa shape index (κ3) is 11.1. The molecule has 0 aromatic heterocycles. The van der Waals surface area contributed by atoms with Gasteiger partial charge in [0.05, 0.1) is 6.54 Å². The van der Waals surface area contributed by atoms with E-state index in [2.05, 4.69) is 10.6 Å². The lowest BCUT2D eigenvalue weighted by Gasteiger charge is -2.21. The summed E-state index contributed by atoms with van der Waals surface area (Å²) in [4.78, 5) is 44.6. The van der Waals surface area contributed by atoms with Crippen LogP contribution in [0.4, 0.5) is 0 Å². The number of amides is 2. The van der Waals surface area contributed by atoms with Crippen LogP contribution in [-0.4, -0.2) is 52.8 Å². The van der Waals surface area contributed by atoms with E-state index in [1.807, 2.05) is 20.1 Å². The van der Waals surface area contributed by atoms with Crippen LogP contribution in [0.1, 0.15) is 39.5 Å².